The highest BCUT2D eigenvalue weighted by Crippen LogP contribution is 2.13. The van der Waals surface area contributed by atoms with E-state index in [2.05, 4.69) is 37.4 Å². The summed E-state index contributed by atoms with van der Waals surface area (Å²) in [4.78, 5) is 16.4. The van der Waals surface area contributed by atoms with Crippen LogP contribution in [-0.2, 0) is 4.79 Å². The molecule has 1 saturated heterocycles. The van der Waals surface area contributed by atoms with Crippen molar-refractivity contribution in [2.24, 2.45) is 0 Å². The molecule has 0 aliphatic carbocycles. The second-order valence-corrected chi connectivity index (χ2v) is 4.92. The van der Waals surface area contributed by atoms with E-state index in [1.807, 2.05) is 0 Å². The Bertz CT molecular complexity index is 263. The molecule has 1 unspecified atom stereocenters. The second-order valence-electron chi connectivity index (χ2n) is 4.92. The maximum Gasteiger partial charge on any atom is 0.138 e. The van der Waals surface area contributed by atoms with Gasteiger partial charge < -0.3 is 9.80 Å². The Kier molecular flexibility index (Phi) is 5.16. The maximum atomic E-state index is 11.8. The van der Waals surface area contributed by atoms with Crippen molar-refractivity contribution in [3.8, 4) is 0 Å². The van der Waals surface area contributed by atoms with Gasteiger partial charge in [0, 0.05) is 38.5 Å². The van der Waals surface area contributed by atoms with E-state index < -0.39 is 0 Å². The first-order chi connectivity index (χ1) is 7.52. The van der Waals surface area contributed by atoms with Gasteiger partial charge in [-0.15, -0.1) is 0 Å². The SMILES string of the molecule is C=C(CC)CC(=O)CC1CN(C)CCN1C. The van der Waals surface area contributed by atoms with Gasteiger partial charge in [0.25, 0.3) is 0 Å². The summed E-state index contributed by atoms with van der Waals surface area (Å²) in [6.45, 7) is 9.11. The minimum absolute atomic E-state index is 0.332. The highest BCUT2D eigenvalue weighted by molar-refractivity contribution is 5.81. The zero-order chi connectivity index (χ0) is 12.1. The summed E-state index contributed by atoms with van der Waals surface area (Å²) in [5, 5.41) is 0. The molecule has 1 aliphatic heterocycles. The zero-order valence-corrected chi connectivity index (χ0v) is 10.8. The van der Waals surface area contributed by atoms with Gasteiger partial charge in [0.1, 0.15) is 5.78 Å². The Morgan fingerprint density at radius 3 is 2.69 bits per heavy atom. The minimum Gasteiger partial charge on any atom is -0.304 e. The summed E-state index contributed by atoms with van der Waals surface area (Å²) < 4.78 is 0. The molecule has 1 aliphatic rings. The molecule has 3 heteroatoms. The van der Waals surface area contributed by atoms with E-state index in [9.17, 15) is 4.79 Å². The number of Topliss-reactive ketones (excluding diaryl/α,β-unsaturated/α-hetero) is 1. The molecule has 1 atom stereocenters. The third kappa shape index (κ3) is 4.06. The highest BCUT2D eigenvalue weighted by atomic mass is 16.1. The largest absolute Gasteiger partial charge is 0.304 e. The van der Waals surface area contributed by atoms with Crippen molar-refractivity contribution in [1.82, 2.24) is 9.80 Å². The normalized spacial score (nSPS) is 23.3. The molecule has 1 fully saturated rings. The van der Waals surface area contributed by atoms with E-state index in [0.29, 0.717) is 24.7 Å². The molecule has 0 aromatic heterocycles. The molecule has 0 aromatic rings. The molecule has 0 radical (unpaired) electrons. The molecule has 1 heterocycles. The predicted molar refractivity (Wildman–Crippen MR) is 67.6 cm³/mol. The van der Waals surface area contributed by atoms with Crippen molar-refractivity contribution in [2.75, 3.05) is 33.7 Å². The molecule has 0 N–H and O–H groups in total. The van der Waals surface area contributed by atoms with Crippen LogP contribution < -0.4 is 0 Å². The molecule has 16 heavy (non-hydrogen) atoms. The lowest BCUT2D eigenvalue weighted by Crippen LogP contribution is -2.50. The number of allylic oxidation sites excluding steroid dienone is 1. The summed E-state index contributed by atoms with van der Waals surface area (Å²) in [5.41, 5.74) is 1.05. The van der Waals surface area contributed by atoms with Gasteiger partial charge in [-0.1, -0.05) is 19.1 Å². The summed E-state index contributed by atoms with van der Waals surface area (Å²) in [6.07, 6.45) is 2.14. The van der Waals surface area contributed by atoms with Crippen LogP contribution in [0, 0.1) is 0 Å². The number of ketones is 1. The van der Waals surface area contributed by atoms with Crippen molar-refractivity contribution in [2.45, 2.75) is 32.2 Å². The molecule has 0 amide bonds. The average molecular weight is 224 g/mol. The van der Waals surface area contributed by atoms with Gasteiger partial charge >= 0.3 is 0 Å². The predicted octanol–water partition coefficient (Wildman–Crippen LogP) is 1.55. The maximum absolute atomic E-state index is 11.8. The quantitative estimate of drug-likeness (QED) is 0.662. The van der Waals surface area contributed by atoms with Crippen LogP contribution in [0.3, 0.4) is 0 Å². The number of rotatable bonds is 5. The van der Waals surface area contributed by atoms with Crippen molar-refractivity contribution in [3.05, 3.63) is 12.2 Å². The fraction of sp³-hybridized carbons (Fsp3) is 0.769. The number of carbonyl (C=O) groups excluding carboxylic acids is 1. The Morgan fingerprint density at radius 1 is 1.38 bits per heavy atom. The van der Waals surface area contributed by atoms with Crippen molar-refractivity contribution in [1.29, 1.82) is 0 Å². The number of likely N-dealkylation sites (N-methyl/N-ethyl adjacent to an activating group) is 2. The standard InChI is InChI=1S/C13H24N2O/c1-5-11(2)8-13(16)9-12-10-14(3)6-7-15(12)4/h12H,2,5-10H2,1,3-4H3. The van der Waals surface area contributed by atoms with Crippen molar-refractivity contribution in [3.63, 3.8) is 0 Å². The average Bonchev–Trinajstić information content (AvgIpc) is 2.23. The fourth-order valence-corrected chi connectivity index (χ4v) is 2.06. The number of carbonyl (C=O) groups is 1. The minimum atomic E-state index is 0.332. The van der Waals surface area contributed by atoms with E-state index in [1.54, 1.807) is 0 Å². The number of hydrogen-bond acceptors (Lipinski definition) is 3. The first kappa shape index (κ1) is 13.4. The zero-order valence-electron chi connectivity index (χ0n) is 10.8. The molecule has 0 aromatic carbocycles. The number of nitrogens with zero attached hydrogens (tertiary/aromatic N) is 2. The number of hydrogen-bond donors (Lipinski definition) is 0. The summed E-state index contributed by atoms with van der Waals surface area (Å²) in [5.74, 6) is 0.332. The van der Waals surface area contributed by atoms with Crippen LogP contribution >= 0.6 is 0 Å². The summed E-state index contributed by atoms with van der Waals surface area (Å²) in [6, 6.07) is 0.385. The van der Waals surface area contributed by atoms with Crippen LogP contribution in [0.25, 0.3) is 0 Å². The third-order valence-electron chi connectivity index (χ3n) is 3.39. The van der Waals surface area contributed by atoms with E-state index in [-0.39, 0.29) is 0 Å². The lowest BCUT2D eigenvalue weighted by molar-refractivity contribution is -0.120. The van der Waals surface area contributed by atoms with Gasteiger partial charge in [0.15, 0.2) is 0 Å². The van der Waals surface area contributed by atoms with E-state index >= 15 is 0 Å². The van der Waals surface area contributed by atoms with E-state index in [1.165, 1.54) is 0 Å². The van der Waals surface area contributed by atoms with E-state index in [4.69, 9.17) is 0 Å². The molecule has 0 saturated carbocycles. The van der Waals surface area contributed by atoms with Gasteiger partial charge in [0.05, 0.1) is 0 Å². The van der Waals surface area contributed by atoms with Crippen molar-refractivity contribution >= 4 is 5.78 Å². The lowest BCUT2D eigenvalue weighted by Gasteiger charge is -2.37. The number of piperazine rings is 1. The smallest absolute Gasteiger partial charge is 0.138 e. The Labute approximate surface area is 99.1 Å². The third-order valence-corrected chi connectivity index (χ3v) is 3.39. The molecule has 3 nitrogen and oxygen atoms in total. The van der Waals surface area contributed by atoms with Crippen LogP contribution in [0.4, 0.5) is 0 Å². The summed E-state index contributed by atoms with van der Waals surface area (Å²) >= 11 is 0. The molecular formula is C13H24N2O. The van der Waals surface area contributed by atoms with E-state index in [0.717, 1.165) is 31.6 Å². The summed E-state index contributed by atoms with van der Waals surface area (Å²) in [7, 11) is 4.23. The Balaban J connectivity index is 2.39. The molecule has 0 spiro atoms. The topological polar surface area (TPSA) is 23.6 Å². The first-order valence-electron chi connectivity index (χ1n) is 6.10. The van der Waals surface area contributed by atoms with Crippen LogP contribution in [0.2, 0.25) is 0 Å². The van der Waals surface area contributed by atoms with Gasteiger partial charge in [-0.25, -0.2) is 0 Å². The fourth-order valence-electron chi connectivity index (χ4n) is 2.06. The molecular weight excluding hydrogens is 200 g/mol. The lowest BCUT2D eigenvalue weighted by atomic mass is 10.0. The Hall–Kier alpha value is -0.670. The van der Waals surface area contributed by atoms with Crippen molar-refractivity contribution < 1.29 is 4.79 Å². The van der Waals surface area contributed by atoms with Gasteiger partial charge in [-0.3, -0.25) is 4.79 Å². The van der Waals surface area contributed by atoms with Gasteiger partial charge in [-0.05, 0) is 20.5 Å². The van der Waals surface area contributed by atoms with Gasteiger partial charge in [0.2, 0.25) is 0 Å². The van der Waals surface area contributed by atoms with Crippen LogP contribution in [0.15, 0.2) is 12.2 Å². The molecule has 1 rings (SSSR count). The monoisotopic (exact) mass is 224 g/mol. The second kappa shape index (κ2) is 6.16. The van der Waals surface area contributed by atoms with Crippen LogP contribution in [0.1, 0.15) is 26.2 Å². The van der Waals surface area contributed by atoms with Crippen LogP contribution in [-0.4, -0.2) is 55.4 Å². The molecule has 0 bridgehead atoms. The van der Waals surface area contributed by atoms with Crippen LogP contribution in [0.5, 0.6) is 0 Å². The van der Waals surface area contributed by atoms with Gasteiger partial charge in [-0.2, -0.15) is 0 Å². The molecule has 92 valence electrons. The first-order valence-corrected chi connectivity index (χ1v) is 6.10. The highest BCUT2D eigenvalue weighted by Gasteiger charge is 2.24. The Morgan fingerprint density at radius 2 is 2.06 bits per heavy atom.